The molecule has 2 aliphatic heterocycles. The van der Waals surface area contributed by atoms with Crippen LogP contribution in [0.25, 0.3) is 0 Å². The van der Waals surface area contributed by atoms with Crippen molar-refractivity contribution in [1.29, 1.82) is 0 Å². The van der Waals surface area contributed by atoms with Gasteiger partial charge in [0.2, 0.25) is 0 Å². The molecule has 28 heavy (non-hydrogen) atoms. The van der Waals surface area contributed by atoms with Crippen LogP contribution in [-0.2, 0) is 23.8 Å². The summed E-state index contributed by atoms with van der Waals surface area (Å²) >= 11 is 0. The summed E-state index contributed by atoms with van der Waals surface area (Å²) in [5, 5.41) is 39.3. The molecule has 1 saturated carbocycles. The van der Waals surface area contributed by atoms with E-state index in [9.17, 15) is 30.0 Å². The van der Waals surface area contributed by atoms with E-state index < -0.39 is 54.4 Å². The van der Waals surface area contributed by atoms with Crippen LogP contribution < -0.4 is 0 Å². The Morgan fingerprint density at radius 3 is 2.43 bits per heavy atom. The lowest BCUT2D eigenvalue weighted by Crippen LogP contribution is -2.60. The molecule has 2 heterocycles. The Bertz CT molecular complexity index is 623. The Balaban J connectivity index is 1.74. The number of ether oxygens (including phenoxy) is 3. The van der Waals surface area contributed by atoms with Gasteiger partial charge in [0.1, 0.15) is 35.8 Å². The third kappa shape index (κ3) is 3.59. The molecule has 1 aliphatic carbocycles. The fourth-order valence-corrected chi connectivity index (χ4v) is 5.06. The van der Waals surface area contributed by atoms with Crippen molar-refractivity contribution < 1.29 is 44.2 Å². The van der Waals surface area contributed by atoms with E-state index in [0.717, 1.165) is 0 Å². The number of hydrogen-bond donors (Lipinski definition) is 4. The van der Waals surface area contributed by atoms with Gasteiger partial charge in [-0.25, -0.2) is 0 Å². The molecule has 4 N–H and O–H groups in total. The first-order valence-corrected chi connectivity index (χ1v) is 9.70. The molecule has 9 atom stereocenters. The molecule has 0 radical (unpaired) electrons. The van der Waals surface area contributed by atoms with Crippen molar-refractivity contribution >= 4 is 11.8 Å². The Hall–Kier alpha value is -1.10. The third-order valence-corrected chi connectivity index (χ3v) is 6.54. The fraction of sp³-hybridized carbons (Fsp3) is 0.895. The first kappa shape index (κ1) is 21.6. The van der Waals surface area contributed by atoms with E-state index in [2.05, 4.69) is 0 Å². The van der Waals surface area contributed by atoms with Crippen molar-refractivity contribution in [3.8, 4) is 0 Å². The van der Waals surface area contributed by atoms with Gasteiger partial charge < -0.3 is 39.4 Å². The number of carbonyl (C=O) groups is 2. The SMILES string of the molecule is CC(=O)CC[C@H]1[C@@]2(C)C[C@@H](O[C@@H]3O[C@H](CO)[C@@H](O)[C@H](O)[C@H]3O)C[C@]1(C)C(=O)O2. The zero-order chi connectivity index (χ0) is 20.9. The molecule has 0 aromatic rings. The normalized spacial score (nSPS) is 48.4. The van der Waals surface area contributed by atoms with Gasteiger partial charge in [-0.15, -0.1) is 0 Å². The number of ketones is 1. The lowest BCUT2D eigenvalue weighted by molar-refractivity contribution is -0.317. The molecule has 3 fully saturated rings. The summed E-state index contributed by atoms with van der Waals surface area (Å²) < 4.78 is 17.0. The van der Waals surface area contributed by atoms with Gasteiger partial charge in [0.25, 0.3) is 0 Å². The van der Waals surface area contributed by atoms with Crippen LogP contribution in [-0.4, -0.2) is 81.2 Å². The van der Waals surface area contributed by atoms with E-state index in [-0.39, 0.29) is 17.7 Å². The van der Waals surface area contributed by atoms with Crippen LogP contribution in [0.5, 0.6) is 0 Å². The Kier molecular flexibility index (Phi) is 5.88. The third-order valence-electron chi connectivity index (χ3n) is 6.54. The highest BCUT2D eigenvalue weighted by Gasteiger charge is 2.64. The van der Waals surface area contributed by atoms with Crippen molar-refractivity contribution in [2.75, 3.05) is 6.61 Å². The van der Waals surface area contributed by atoms with Crippen LogP contribution in [0.2, 0.25) is 0 Å². The molecule has 160 valence electrons. The average Bonchev–Trinajstić information content (AvgIpc) is 2.71. The minimum atomic E-state index is -1.52. The number of fused-ring (bicyclic) bond motifs is 2. The zero-order valence-corrected chi connectivity index (χ0v) is 16.4. The number of rotatable bonds is 6. The van der Waals surface area contributed by atoms with E-state index >= 15 is 0 Å². The van der Waals surface area contributed by atoms with Crippen LogP contribution in [0, 0.1) is 11.3 Å². The Labute approximate surface area is 163 Å². The largest absolute Gasteiger partial charge is 0.459 e. The number of aliphatic hydroxyl groups is 4. The highest BCUT2D eigenvalue weighted by atomic mass is 16.7. The molecule has 2 bridgehead atoms. The van der Waals surface area contributed by atoms with Crippen LogP contribution in [0.1, 0.15) is 46.5 Å². The summed E-state index contributed by atoms with van der Waals surface area (Å²) in [5.74, 6) is -0.409. The van der Waals surface area contributed by atoms with Gasteiger partial charge >= 0.3 is 5.97 Å². The lowest BCUT2D eigenvalue weighted by Gasteiger charge is -2.46. The molecule has 0 spiro atoms. The maximum Gasteiger partial charge on any atom is 0.312 e. The van der Waals surface area contributed by atoms with Gasteiger partial charge in [-0.05, 0) is 33.6 Å². The van der Waals surface area contributed by atoms with Gasteiger partial charge in [0.15, 0.2) is 6.29 Å². The number of Topliss-reactive ketones (excluding diaryl/α,β-unsaturated/α-hetero) is 1. The molecule has 0 amide bonds. The summed E-state index contributed by atoms with van der Waals surface area (Å²) in [4.78, 5) is 24.0. The van der Waals surface area contributed by atoms with E-state index in [1.807, 2.05) is 6.92 Å². The minimum Gasteiger partial charge on any atom is -0.459 e. The highest BCUT2D eigenvalue weighted by molar-refractivity contribution is 5.81. The van der Waals surface area contributed by atoms with Gasteiger partial charge in [-0.1, -0.05) is 0 Å². The molecule has 3 aliphatic rings. The van der Waals surface area contributed by atoms with Crippen LogP contribution in [0.4, 0.5) is 0 Å². The van der Waals surface area contributed by atoms with Crippen LogP contribution in [0.3, 0.4) is 0 Å². The summed E-state index contributed by atoms with van der Waals surface area (Å²) in [6.07, 6.45) is -5.72. The van der Waals surface area contributed by atoms with Gasteiger partial charge in [-0.3, -0.25) is 4.79 Å². The van der Waals surface area contributed by atoms with Crippen molar-refractivity contribution in [2.24, 2.45) is 11.3 Å². The Morgan fingerprint density at radius 2 is 1.86 bits per heavy atom. The second-order valence-electron chi connectivity index (χ2n) is 8.78. The van der Waals surface area contributed by atoms with Gasteiger partial charge in [0, 0.05) is 18.8 Å². The lowest BCUT2D eigenvalue weighted by atomic mass is 9.61. The molecule has 9 nitrogen and oxygen atoms in total. The highest BCUT2D eigenvalue weighted by Crippen LogP contribution is 2.57. The molecule has 9 heteroatoms. The Morgan fingerprint density at radius 1 is 1.18 bits per heavy atom. The van der Waals surface area contributed by atoms with E-state index in [1.54, 1.807) is 6.92 Å². The topological polar surface area (TPSA) is 143 Å². The van der Waals surface area contributed by atoms with Crippen LogP contribution >= 0.6 is 0 Å². The van der Waals surface area contributed by atoms with E-state index in [0.29, 0.717) is 25.7 Å². The van der Waals surface area contributed by atoms with Crippen molar-refractivity contribution in [3.05, 3.63) is 0 Å². The fourth-order valence-electron chi connectivity index (χ4n) is 5.06. The smallest absolute Gasteiger partial charge is 0.312 e. The number of carbonyl (C=O) groups excluding carboxylic acids is 2. The first-order chi connectivity index (χ1) is 13.0. The second kappa shape index (κ2) is 7.62. The maximum absolute atomic E-state index is 12.6. The molecule has 2 saturated heterocycles. The number of aliphatic hydroxyl groups excluding tert-OH is 4. The second-order valence-corrected chi connectivity index (χ2v) is 8.78. The van der Waals surface area contributed by atoms with E-state index in [1.165, 1.54) is 6.92 Å². The standard InChI is InChI=1S/C19H30O9/c1-9(21)4-5-12-18(2)6-10(7-19(12,3)28-17(18)25)26-16-15(24)14(23)13(22)11(8-20)27-16/h10-16,20,22-24H,4-8H2,1-3H3/t10-,11+,12+,13+,14-,15+,16+,18-,19+/m0/s1. The predicted molar refractivity (Wildman–Crippen MR) is 93.9 cm³/mol. The minimum absolute atomic E-state index is 0.0544. The zero-order valence-electron chi connectivity index (χ0n) is 16.4. The summed E-state index contributed by atoms with van der Waals surface area (Å²) in [7, 11) is 0. The van der Waals surface area contributed by atoms with Crippen molar-refractivity contribution in [3.63, 3.8) is 0 Å². The quantitative estimate of drug-likeness (QED) is 0.423. The molecule has 0 aromatic carbocycles. The first-order valence-electron chi connectivity index (χ1n) is 9.70. The summed E-state index contributed by atoms with van der Waals surface area (Å²) in [6.45, 7) is 4.60. The van der Waals surface area contributed by atoms with Gasteiger partial charge in [0.05, 0.1) is 18.1 Å². The van der Waals surface area contributed by atoms with Crippen molar-refractivity contribution in [2.45, 2.75) is 88.9 Å². The van der Waals surface area contributed by atoms with Gasteiger partial charge in [-0.2, -0.15) is 0 Å². The predicted octanol–water partition coefficient (Wildman–Crippen LogP) is -0.727. The molecule has 0 unspecified atom stereocenters. The van der Waals surface area contributed by atoms with Crippen LogP contribution in [0.15, 0.2) is 0 Å². The molecule has 3 rings (SSSR count). The van der Waals surface area contributed by atoms with Crippen molar-refractivity contribution in [1.82, 2.24) is 0 Å². The molecule has 0 aromatic heterocycles. The number of hydrogen-bond acceptors (Lipinski definition) is 9. The van der Waals surface area contributed by atoms with E-state index in [4.69, 9.17) is 14.2 Å². The summed E-state index contributed by atoms with van der Waals surface area (Å²) in [6, 6.07) is 0. The summed E-state index contributed by atoms with van der Waals surface area (Å²) in [5.41, 5.74) is -1.64. The monoisotopic (exact) mass is 402 g/mol. The molecular formula is C19H30O9. The maximum atomic E-state index is 12.6. The molecular weight excluding hydrogens is 372 g/mol. The number of esters is 1. The average molecular weight is 402 g/mol.